The molecule has 0 fully saturated rings. The summed E-state index contributed by atoms with van der Waals surface area (Å²) in [6, 6.07) is 15.4. The van der Waals surface area contributed by atoms with Crippen molar-refractivity contribution in [1.82, 2.24) is 19.7 Å². The van der Waals surface area contributed by atoms with Crippen LogP contribution < -0.4 is 5.56 Å². The Labute approximate surface area is 179 Å². The molecule has 0 saturated heterocycles. The van der Waals surface area contributed by atoms with E-state index in [-0.39, 0.29) is 5.56 Å². The molecule has 30 heavy (non-hydrogen) atoms. The highest BCUT2D eigenvalue weighted by atomic mass is 32.2. The summed E-state index contributed by atoms with van der Waals surface area (Å²) in [5.41, 5.74) is 2.77. The number of fused-ring (bicyclic) bond motifs is 1. The smallest absolute Gasteiger partial charge is 0.262 e. The second kappa shape index (κ2) is 8.83. The van der Waals surface area contributed by atoms with Crippen LogP contribution in [0.15, 0.2) is 62.9 Å². The summed E-state index contributed by atoms with van der Waals surface area (Å²) in [7, 11) is 0. The fourth-order valence-electron chi connectivity index (χ4n) is 3.09. The van der Waals surface area contributed by atoms with Crippen LogP contribution in [0.4, 0.5) is 0 Å². The van der Waals surface area contributed by atoms with Gasteiger partial charge in [-0.25, -0.2) is 4.98 Å². The molecule has 2 heterocycles. The molecule has 2 aromatic carbocycles. The summed E-state index contributed by atoms with van der Waals surface area (Å²) in [4.78, 5) is 17.8. The predicted octanol–water partition coefficient (Wildman–Crippen LogP) is 5.09. The van der Waals surface area contributed by atoms with Crippen LogP contribution in [0.5, 0.6) is 0 Å². The van der Waals surface area contributed by atoms with Crippen molar-refractivity contribution in [3.05, 3.63) is 70.3 Å². The Morgan fingerprint density at radius 3 is 2.60 bits per heavy atom. The van der Waals surface area contributed by atoms with E-state index in [1.165, 1.54) is 17.3 Å². The molecule has 0 unspecified atom stereocenters. The number of hydrogen-bond donors (Lipinski definition) is 0. The number of aromatic nitrogens is 4. The molecule has 0 atom stereocenters. The first-order valence-corrected chi connectivity index (χ1v) is 11.0. The summed E-state index contributed by atoms with van der Waals surface area (Å²) >= 11 is 1.45. The van der Waals surface area contributed by atoms with E-state index in [1.54, 1.807) is 4.57 Å². The molecule has 4 aromatic rings. The van der Waals surface area contributed by atoms with Crippen LogP contribution in [-0.4, -0.2) is 19.7 Å². The van der Waals surface area contributed by atoms with Gasteiger partial charge in [-0.05, 0) is 43.5 Å². The quantitative estimate of drug-likeness (QED) is 0.306. The zero-order valence-electron chi connectivity index (χ0n) is 17.3. The highest BCUT2D eigenvalue weighted by molar-refractivity contribution is 7.98. The van der Waals surface area contributed by atoms with Crippen molar-refractivity contribution in [3.63, 3.8) is 0 Å². The maximum Gasteiger partial charge on any atom is 0.262 e. The third-order valence-electron chi connectivity index (χ3n) is 4.85. The Bertz CT molecular complexity index is 1210. The molecule has 0 radical (unpaired) electrons. The molecule has 0 amide bonds. The fourth-order valence-corrected chi connectivity index (χ4v) is 3.96. The minimum Gasteiger partial charge on any atom is -0.420 e. The second-order valence-corrected chi connectivity index (χ2v) is 8.65. The Kier molecular flexibility index (Phi) is 5.99. The van der Waals surface area contributed by atoms with E-state index in [1.807, 2.05) is 55.5 Å². The van der Waals surface area contributed by atoms with Gasteiger partial charge in [-0.3, -0.25) is 9.36 Å². The maximum atomic E-state index is 13.0. The van der Waals surface area contributed by atoms with E-state index in [2.05, 4.69) is 24.0 Å². The Morgan fingerprint density at radius 1 is 1.07 bits per heavy atom. The van der Waals surface area contributed by atoms with E-state index in [0.717, 1.165) is 12.0 Å². The van der Waals surface area contributed by atoms with Gasteiger partial charge in [0.15, 0.2) is 5.16 Å². The maximum absolute atomic E-state index is 13.0. The fraction of sp³-hybridized carbons (Fsp3) is 0.304. The summed E-state index contributed by atoms with van der Waals surface area (Å²) in [5.74, 6) is 1.95. The van der Waals surface area contributed by atoms with Crippen LogP contribution in [0.25, 0.3) is 22.4 Å². The van der Waals surface area contributed by atoms with E-state index >= 15 is 0 Å². The van der Waals surface area contributed by atoms with Crippen LogP contribution in [0, 0.1) is 12.8 Å². The minimum atomic E-state index is -0.00498. The lowest BCUT2D eigenvalue weighted by molar-refractivity contribution is 0.480. The number of para-hydroxylation sites is 1. The summed E-state index contributed by atoms with van der Waals surface area (Å²) in [6.45, 7) is 6.97. The predicted molar refractivity (Wildman–Crippen MR) is 119 cm³/mol. The van der Waals surface area contributed by atoms with Gasteiger partial charge in [-0.2, -0.15) is 0 Å². The van der Waals surface area contributed by atoms with Gasteiger partial charge in [0.1, 0.15) is 0 Å². The zero-order chi connectivity index (χ0) is 21.1. The molecule has 4 rings (SSSR count). The van der Waals surface area contributed by atoms with Gasteiger partial charge >= 0.3 is 0 Å². The van der Waals surface area contributed by atoms with Crippen molar-refractivity contribution >= 4 is 22.7 Å². The average Bonchev–Trinajstić information content (AvgIpc) is 3.21. The highest BCUT2D eigenvalue weighted by Crippen LogP contribution is 2.25. The first-order valence-electron chi connectivity index (χ1n) is 10.0. The van der Waals surface area contributed by atoms with E-state index in [0.29, 0.717) is 46.1 Å². The van der Waals surface area contributed by atoms with Crippen LogP contribution in [-0.2, 0) is 12.3 Å². The normalized spacial score (nSPS) is 11.5. The van der Waals surface area contributed by atoms with E-state index in [4.69, 9.17) is 9.40 Å². The first-order chi connectivity index (χ1) is 14.5. The minimum absolute atomic E-state index is 0.00498. The van der Waals surface area contributed by atoms with Gasteiger partial charge in [0, 0.05) is 12.1 Å². The van der Waals surface area contributed by atoms with Crippen LogP contribution in [0.3, 0.4) is 0 Å². The summed E-state index contributed by atoms with van der Waals surface area (Å²) in [6.07, 6.45) is 0.908. The molecular weight excluding hydrogens is 396 g/mol. The number of thioether (sulfide) groups is 1. The molecule has 6 nitrogen and oxygen atoms in total. The monoisotopic (exact) mass is 420 g/mol. The molecule has 0 aliphatic rings. The molecule has 0 bridgehead atoms. The van der Waals surface area contributed by atoms with Crippen molar-refractivity contribution in [1.29, 1.82) is 0 Å². The van der Waals surface area contributed by atoms with Gasteiger partial charge in [-0.15, -0.1) is 10.2 Å². The van der Waals surface area contributed by atoms with Crippen molar-refractivity contribution in [3.8, 4) is 11.5 Å². The van der Waals surface area contributed by atoms with Gasteiger partial charge in [0.2, 0.25) is 11.8 Å². The molecule has 0 aliphatic carbocycles. The molecule has 7 heteroatoms. The van der Waals surface area contributed by atoms with Gasteiger partial charge in [0.05, 0.1) is 16.7 Å². The van der Waals surface area contributed by atoms with Gasteiger partial charge in [0.25, 0.3) is 5.56 Å². The SMILES string of the molecule is Cc1ccc(-c2nnc(CSc3nc4ccccc4c(=O)n3CCC(C)C)o2)cc1. The standard InChI is InChI=1S/C23H24N4O2S/c1-15(2)12-13-27-22(28)18-6-4-5-7-19(18)24-23(27)30-14-20-25-26-21(29-20)17-10-8-16(3)9-11-17/h4-11,15H,12-14H2,1-3H3. The van der Waals surface area contributed by atoms with Crippen molar-refractivity contribution in [2.45, 2.75) is 44.6 Å². The van der Waals surface area contributed by atoms with Crippen molar-refractivity contribution in [2.75, 3.05) is 0 Å². The summed E-state index contributed by atoms with van der Waals surface area (Å²) < 4.78 is 7.60. The lowest BCUT2D eigenvalue weighted by Gasteiger charge is -2.13. The van der Waals surface area contributed by atoms with E-state index in [9.17, 15) is 4.79 Å². The average molecular weight is 421 g/mol. The van der Waals surface area contributed by atoms with E-state index < -0.39 is 0 Å². The molecule has 0 aliphatic heterocycles. The molecule has 0 N–H and O–H groups in total. The third-order valence-corrected chi connectivity index (χ3v) is 5.81. The number of hydrogen-bond acceptors (Lipinski definition) is 6. The number of aryl methyl sites for hydroxylation is 1. The number of benzene rings is 2. The number of rotatable bonds is 7. The third kappa shape index (κ3) is 4.46. The largest absolute Gasteiger partial charge is 0.420 e. The van der Waals surface area contributed by atoms with Crippen molar-refractivity contribution in [2.24, 2.45) is 5.92 Å². The first kappa shape index (κ1) is 20.3. The second-order valence-electron chi connectivity index (χ2n) is 7.71. The molecule has 0 saturated carbocycles. The zero-order valence-corrected chi connectivity index (χ0v) is 18.1. The topological polar surface area (TPSA) is 73.8 Å². The lowest BCUT2D eigenvalue weighted by atomic mass is 10.1. The highest BCUT2D eigenvalue weighted by Gasteiger charge is 2.14. The van der Waals surface area contributed by atoms with Gasteiger partial charge < -0.3 is 4.42 Å². The molecule has 154 valence electrons. The molecule has 0 spiro atoms. The van der Waals surface area contributed by atoms with Gasteiger partial charge in [-0.1, -0.05) is 55.4 Å². The Morgan fingerprint density at radius 2 is 1.83 bits per heavy atom. The van der Waals surface area contributed by atoms with Crippen LogP contribution in [0.1, 0.15) is 31.7 Å². The molecular formula is C23H24N4O2S. The number of nitrogens with zero attached hydrogens (tertiary/aromatic N) is 4. The summed E-state index contributed by atoms with van der Waals surface area (Å²) in [5, 5.41) is 9.64. The van der Waals surface area contributed by atoms with Crippen molar-refractivity contribution < 1.29 is 4.42 Å². The Balaban J connectivity index is 1.59. The van der Waals surface area contributed by atoms with Crippen LogP contribution >= 0.6 is 11.8 Å². The molecule has 2 aromatic heterocycles. The van der Waals surface area contributed by atoms with Crippen LogP contribution in [0.2, 0.25) is 0 Å². The Hall–Kier alpha value is -2.93. The lowest BCUT2D eigenvalue weighted by Crippen LogP contribution is -2.24.